The van der Waals surface area contributed by atoms with Crippen LogP contribution in [0.4, 0.5) is 0 Å². The summed E-state index contributed by atoms with van der Waals surface area (Å²) in [5.74, 6) is 0. The molecule has 1 radical (unpaired) electrons. The molecule has 0 aliphatic carbocycles. The molecule has 0 aromatic heterocycles. The van der Waals surface area contributed by atoms with Gasteiger partial charge in [-0.25, -0.2) is 0 Å². The normalized spacial score (nSPS) is 14.5. The van der Waals surface area contributed by atoms with Crippen molar-refractivity contribution < 1.29 is 37.0 Å². The quantitative estimate of drug-likeness (QED) is 0.174. The van der Waals surface area contributed by atoms with Gasteiger partial charge < -0.3 is 25.2 Å². The average Bonchev–Trinajstić information content (AvgIpc) is 2.47. The van der Waals surface area contributed by atoms with E-state index < -0.39 is 16.8 Å². The Morgan fingerprint density at radius 3 is 0.359 bits per heavy atom. The van der Waals surface area contributed by atoms with Crippen molar-refractivity contribution in [2.45, 2.75) is 162 Å². The van der Waals surface area contributed by atoms with Crippen molar-refractivity contribution in [2.75, 3.05) is 21.1 Å². The number of nitrogens with zero attached hydrogens (tertiary/aromatic N) is 1. The molecular formula is C33H72FeNO4. The van der Waals surface area contributed by atoms with Crippen molar-refractivity contribution in [1.29, 1.82) is 0 Å². The van der Waals surface area contributed by atoms with Gasteiger partial charge in [0.15, 0.2) is 0 Å². The van der Waals surface area contributed by atoms with Gasteiger partial charge in [0.2, 0.25) is 0 Å². The fraction of sp³-hybridized carbons (Fsp3) is 1.00. The van der Waals surface area contributed by atoms with E-state index >= 15 is 0 Å². The van der Waals surface area contributed by atoms with Gasteiger partial charge in [-0.2, -0.15) is 0 Å². The molecule has 0 saturated heterocycles. The SMILES string of the molecule is CC(C)(C)C(C)([O-])C(C)(C)C.CC(C)(C)C(C)([O-])C(C)(C)C.CC(C)(C)C(C)([O-])C(C)(C)C.C[N+](C)(C)[O-].[Fe+3]. The molecule has 0 unspecified atom stereocenters. The van der Waals surface area contributed by atoms with E-state index in [1.165, 1.54) is 0 Å². The van der Waals surface area contributed by atoms with E-state index in [9.17, 15) is 20.5 Å². The monoisotopic (exact) mass is 602 g/mol. The fourth-order valence-corrected chi connectivity index (χ4v) is 3.38. The predicted octanol–water partition coefficient (Wildman–Crippen LogP) is 6.78. The van der Waals surface area contributed by atoms with Gasteiger partial charge in [0, 0.05) is 0 Å². The summed E-state index contributed by atoms with van der Waals surface area (Å²) in [6.45, 7) is 41.5. The Hall–Kier alpha value is 0.319. The molecule has 0 aliphatic rings. The van der Waals surface area contributed by atoms with Gasteiger partial charge in [0.1, 0.15) is 0 Å². The van der Waals surface area contributed by atoms with E-state index in [0.29, 0.717) is 0 Å². The van der Waals surface area contributed by atoms with Crippen molar-refractivity contribution in [2.24, 2.45) is 32.5 Å². The second kappa shape index (κ2) is 14.7. The van der Waals surface area contributed by atoms with E-state index in [2.05, 4.69) is 0 Å². The Labute approximate surface area is 257 Å². The Kier molecular flexibility index (Phi) is 18.4. The molecular weight excluding hydrogens is 530 g/mol. The predicted molar refractivity (Wildman–Crippen MR) is 163 cm³/mol. The molecule has 0 aromatic carbocycles. The minimum Gasteiger partial charge on any atom is -0.849 e. The maximum absolute atomic E-state index is 12.1. The molecule has 0 atom stereocenters. The minimum absolute atomic E-state index is 0. The molecule has 241 valence electrons. The summed E-state index contributed by atoms with van der Waals surface area (Å²) in [4.78, 5) is 0. The number of hydroxylamine groups is 3. The number of hydrogen-bond acceptors (Lipinski definition) is 4. The largest absolute Gasteiger partial charge is 3.00 e. The van der Waals surface area contributed by atoms with Crippen molar-refractivity contribution >= 4 is 0 Å². The van der Waals surface area contributed by atoms with Crippen LogP contribution in [0.25, 0.3) is 0 Å². The zero-order chi connectivity index (χ0) is 33.0. The van der Waals surface area contributed by atoms with Crippen LogP contribution in [0, 0.1) is 37.7 Å². The minimum atomic E-state index is -0.875. The summed E-state index contributed by atoms with van der Waals surface area (Å²) in [6, 6.07) is 0. The van der Waals surface area contributed by atoms with Gasteiger partial charge in [-0.15, -0.1) is 16.8 Å². The first-order valence-corrected chi connectivity index (χ1v) is 14.1. The van der Waals surface area contributed by atoms with Gasteiger partial charge in [0.05, 0.1) is 21.1 Å². The smallest absolute Gasteiger partial charge is 0.849 e. The molecule has 0 N–H and O–H groups in total. The van der Waals surface area contributed by atoms with Gasteiger partial charge in [-0.1, -0.05) is 145 Å². The van der Waals surface area contributed by atoms with Crippen LogP contribution in [-0.4, -0.2) is 42.6 Å². The molecule has 0 rings (SSSR count). The van der Waals surface area contributed by atoms with E-state index in [1.807, 2.05) is 125 Å². The zero-order valence-corrected chi connectivity index (χ0v) is 32.0. The van der Waals surface area contributed by atoms with E-state index in [0.717, 1.165) is 0 Å². The second-order valence-electron chi connectivity index (χ2n) is 18.5. The summed E-state index contributed by atoms with van der Waals surface area (Å²) >= 11 is 0. The molecule has 0 aromatic rings. The fourth-order valence-electron chi connectivity index (χ4n) is 3.38. The van der Waals surface area contributed by atoms with Crippen LogP contribution in [0.5, 0.6) is 0 Å². The van der Waals surface area contributed by atoms with Gasteiger partial charge >= 0.3 is 17.1 Å². The molecule has 6 heteroatoms. The average molecular weight is 603 g/mol. The third-order valence-corrected chi connectivity index (χ3v) is 8.59. The van der Waals surface area contributed by atoms with Gasteiger partial charge in [-0.3, -0.25) is 0 Å². The van der Waals surface area contributed by atoms with Crippen LogP contribution in [0.1, 0.15) is 145 Å². The number of quaternary nitrogens is 1. The summed E-state index contributed by atoms with van der Waals surface area (Å²) < 4.78 is -0.250. The molecule has 5 nitrogen and oxygen atoms in total. The zero-order valence-electron chi connectivity index (χ0n) is 30.9. The standard InChI is InChI=1S/3C10H21O.C3H9NO.Fe/c3*1-8(2,3)10(7,11)9(4,5)6;1-4(2,3)5;/h3*1-7H3;1-3H3;/q3*-1;;+3. The third-order valence-electron chi connectivity index (χ3n) is 8.59. The molecule has 39 heavy (non-hydrogen) atoms. The van der Waals surface area contributed by atoms with E-state index in [4.69, 9.17) is 0 Å². The Morgan fingerprint density at radius 1 is 0.308 bits per heavy atom. The Morgan fingerprint density at radius 2 is 0.359 bits per heavy atom. The summed E-state index contributed by atoms with van der Waals surface area (Å²) in [5, 5.41) is 46.5. The van der Waals surface area contributed by atoms with Crippen LogP contribution in [0.3, 0.4) is 0 Å². The number of hydrogen-bond donors (Lipinski definition) is 0. The van der Waals surface area contributed by atoms with Crippen LogP contribution in [0.2, 0.25) is 0 Å². The molecule has 0 aliphatic heterocycles. The van der Waals surface area contributed by atoms with Crippen molar-refractivity contribution in [3.8, 4) is 0 Å². The van der Waals surface area contributed by atoms with Crippen molar-refractivity contribution in [1.82, 2.24) is 0 Å². The summed E-state index contributed by atoms with van der Waals surface area (Å²) in [6.07, 6.45) is 0. The Balaban J connectivity index is -0.000000135. The molecule has 0 amide bonds. The summed E-state index contributed by atoms with van der Waals surface area (Å²) in [5.41, 5.74) is -3.68. The molecule has 0 spiro atoms. The van der Waals surface area contributed by atoms with Gasteiger partial charge in [0.25, 0.3) is 0 Å². The topological polar surface area (TPSA) is 92.2 Å². The van der Waals surface area contributed by atoms with Crippen molar-refractivity contribution in [3.63, 3.8) is 0 Å². The first-order valence-electron chi connectivity index (χ1n) is 14.1. The maximum atomic E-state index is 12.1. The van der Waals surface area contributed by atoms with Crippen LogP contribution in [0.15, 0.2) is 0 Å². The number of rotatable bonds is 0. The molecule has 0 heterocycles. The summed E-state index contributed by atoms with van der Waals surface area (Å²) in [7, 11) is 4.71. The van der Waals surface area contributed by atoms with Crippen molar-refractivity contribution in [3.05, 3.63) is 5.21 Å². The molecule has 0 saturated carbocycles. The van der Waals surface area contributed by atoms with E-state index in [-0.39, 0.29) is 54.2 Å². The van der Waals surface area contributed by atoms with Gasteiger partial charge in [-0.05, 0) is 32.5 Å². The third kappa shape index (κ3) is 17.1. The Bertz CT molecular complexity index is 522. The van der Waals surface area contributed by atoms with E-state index in [1.54, 1.807) is 41.9 Å². The maximum Gasteiger partial charge on any atom is 3.00 e. The first-order chi connectivity index (χ1) is 15.5. The molecule has 0 fully saturated rings. The van der Waals surface area contributed by atoms with Crippen LogP contribution < -0.4 is 15.3 Å². The first kappa shape index (κ1) is 49.0. The van der Waals surface area contributed by atoms with Crippen LogP contribution in [-0.2, 0) is 17.1 Å². The van der Waals surface area contributed by atoms with Crippen LogP contribution >= 0.6 is 0 Å². The second-order valence-corrected chi connectivity index (χ2v) is 18.5. The molecule has 0 bridgehead atoms.